The van der Waals surface area contributed by atoms with Crippen molar-refractivity contribution in [3.8, 4) is 28.5 Å². The molecule has 0 spiro atoms. The third-order valence-corrected chi connectivity index (χ3v) is 6.21. The van der Waals surface area contributed by atoms with Gasteiger partial charge in [0.05, 0.1) is 23.1 Å². The molecule has 0 bridgehead atoms. The molecule has 3 heterocycles. The third kappa shape index (κ3) is 4.04. The fourth-order valence-corrected chi connectivity index (χ4v) is 4.48. The van der Waals surface area contributed by atoms with Crippen molar-refractivity contribution in [2.24, 2.45) is 0 Å². The number of rotatable bonds is 4. The molecule has 1 atom stereocenters. The molecule has 6 nitrogen and oxygen atoms in total. The van der Waals surface area contributed by atoms with E-state index < -0.39 is 0 Å². The maximum atomic E-state index is 12.9. The summed E-state index contributed by atoms with van der Waals surface area (Å²) in [5.74, 6) is 0.613. The largest absolute Gasteiger partial charge is 0.472 e. The molecule has 2 aromatic carbocycles. The lowest BCUT2D eigenvalue weighted by atomic mass is 9.97. The average molecular weight is 449 g/mol. The first-order valence-electron chi connectivity index (χ1n) is 11.3. The molecule has 168 valence electrons. The van der Waals surface area contributed by atoms with E-state index in [0.717, 1.165) is 22.4 Å². The molecule has 34 heavy (non-hydrogen) atoms. The molecule has 1 aliphatic heterocycles. The van der Waals surface area contributed by atoms with Crippen molar-refractivity contribution in [3.63, 3.8) is 0 Å². The molecule has 0 saturated carbocycles. The minimum Gasteiger partial charge on any atom is -0.472 e. The van der Waals surface area contributed by atoms with Gasteiger partial charge in [0.25, 0.3) is 5.91 Å². The van der Waals surface area contributed by atoms with Crippen molar-refractivity contribution in [2.45, 2.75) is 13.0 Å². The number of hydrogen-bond acceptors (Lipinski definition) is 5. The van der Waals surface area contributed by atoms with Crippen LogP contribution in [0, 0.1) is 11.3 Å². The number of amides is 1. The van der Waals surface area contributed by atoms with Gasteiger partial charge in [-0.05, 0) is 24.6 Å². The molecule has 6 heteroatoms. The number of piperazine rings is 1. The molecule has 0 aliphatic carbocycles. The van der Waals surface area contributed by atoms with Crippen LogP contribution >= 0.6 is 0 Å². The quantitative estimate of drug-likeness (QED) is 0.427. The Hall–Kier alpha value is -4.37. The summed E-state index contributed by atoms with van der Waals surface area (Å²) in [4.78, 5) is 21.9. The molecule has 0 radical (unpaired) electrons. The SMILES string of the molecule is CC1CN(c2nc(-c3ccccc3)c(-c3ccccc3)cc2C#N)CCN1C(=O)c1ccoc1. The van der Waals surface area contributed by atoms with E-state index in [-0.39, 0.29) is 11.9 Å². The molecule has 1 fully saturated rings. The zero-order chi connectivity index (χ0) is 23.5. The van der Waals surface area contributed by atoms with Crippen molar-refractivity contribution in [1.82, 2.24) is 9.88 Å². The Bertz CT molecular complexity index is 1330. The second-order valence-corrected chi connectivity index (χ2v) is 8.41. The number of furan rings is 1. The van der Waals surface area contributed by atoms with E-state index in [1.807, 2.05) is 78.6 Å². The number of aromatic nitrogens is 1. The van der Waals surface area contributed by atoms with Crippen molar-refractivity contribution in [1.29, 1.82) is 5.26 Å². The van der Waals surface area contributed by atoms with Gasteiger partial charge in [0.1, 0.15) is 18.2 Å². The van der Waals surface area contributed by atoms with Crippen molar-refractivity contribution in [2.75, 3.05) is 24.5 Å². The predicted molar refractivity (Wildman–Crippen MR) is 131 cm³/mol. The summed E-state index contributed by atoms with van der Waals surface area (Å²) in [7, 11) is 0. The molecule has 1 unspecified atom stereocenters. The van der Waals surface area contributed by atoms with Crippen molar-refractivity contribution in [3.05, 3.63) is 96.4 Å². The highest BCUT2D eigenvalue weighted by molar-refractivity contribution is 5.94. The van der Waals surface area contributed by atoms with E-state index in [9.17, 15) is 10.1 Å². The molecule has 1 aliphatic rings. The fraction of sp³-hybridized carbons (Fsp3) is 0.179. The number of carbonyl (C=O) groups is 1. The van der Waals surface area contributed by atoms with Gasteiger partial charge in [-0.15, -0.1) is 0 Å². The van der Waals surface area contributed by atoms with Crippen LogP contribution in [0.25, 0.3) is 22.4 Å². The number of pyridine rings is 1. The van der Waals surface area contributed by atoms with Crippen LogP contribution in [-0.2, 0) is 0 Å². The van der Waals surface area contributed by atoms with Crippen molar-refractivity contribution < 1.29 is 9.21 Å². The van der Waals surface area contributed by atoms with E-state index in [2.05, 4.69) is 11.0 Å². The summed E-state index contributed by atoms with van der Waals surface area (Å²) in [6.07, 6.45) is 2.99. The second-order valence-electron chi connectivity index (χ2n) is 8.41. The van der Waals surface area contributed by atoms with E-state index in [1.165, 1.54) is 12.5 Å². The van der Waals surface area contributed by atoms with Crippen LogP contribution in [0.5, 0.6) is 0 Å². The molecule has 1 amide bonds. The Morgan fingerprint density at radius 3 is 2.35 bits per heavy atom. The summed E-state index contributed by atoms with van der Waals surface area (Å²) in [5.41, 5.74) is 4.85. The number of nitriles is 1. The van der Waals surface area contributed by atoms with Gasteiger partial charge in [0.15, 0.2) is 0 Å². The Labute approximate surface area is 198 Å². The van der Waals surface area contributed by atoms with Gasteiger partial charge < -0.3 is 14.2 Å². The summed E-state index contributed by atoms with van der Waals surface area (Å²) in [6, 6.07) is 26.0. The van der Waals surface area contributed by atoms with E-state index in [1.54, 1.807) is 6.07 Å². The number of anilines is 1. The Morgan fingerprint density at radius 2 is 1.74 bits per heavy atom. The van der Waals surface area contributed by atoms with Gasteiger partial charge in [-0.25, -0.2) is 4.98 Å². The van der Waals surface area contributed by atoms with E-state index >= 15 is 0 Å². The Morgan fingerprint density at radius 1 is 1.03 bits per heavy atom. The van der Waals surface area contributed by atoms with E-state index in [4.69, 9.17) is 9.40 Å². The predicted octanol–water partition coefficient (Wildman–Crippen LogP) is 5.23. The highest BCUT2D eigenvalue weighted by Gasteiger charge is 2.30. The minimum atomic E-state index is -0.0431. The normalized spacial score (nSPS) is 15.7. The zero-order valence-corrected chi connectivity index (χ0v) is 18.9. The van der Waals surface area contributed by atoms with Crippen LogP contribution in [0.2, 0.25) is 0 Å². The molecular formula is C28H24N4O2. The first-order chi connectivity index (χ1) is 16.7. The standard InChI is InChI=1S/C28H24N4O2/c1-20-18-31(13-14-32(20)28(33)23-12-15-34-19-23)27-24(17-29)16-25(21-8-4-2-5-9-21)26(30-27)22-10-6-3-7-11-22/h2-12,15-16,19-20H,13-14,18H2,1H3. The highest BCUT2D eigenvalue weighted by atomic mass is 16.3. The first kappa shape index (κ1) is 21.5. The van der Waals surface area contributed by atoms with Crippen LogP contribution in [0.15, 0.2) is 89.7 Å². The van der Waals surface area contributed by atoms with Crippen LogP contribution in [0.3, 0.4) is 0 Å². The third-order valence-electron chi connectivity index (χ3n) is 6.21. The van der Waals surface area contributed by atoms with Gasteiger partial charge in [-0.1, -0.05) is 60.7 Å². The van der Waals surface area contributed by atoms with Gasteiger partial charge >= 0.3 is 0 Å². The van der Waals surface area contributed by atoms with Gasteiger partial charge in [-0.3, -0.25) is 4.79 Å². The van der Waals surface area contributed by atoms with Crippen LogP contribution < -0.4 is 4.90 Å². The number of carbonyl (C=O) groups excluding carboxylic acids is 1. The maximum Gasteiger partial charge on any atom is 0.257 e. The molecule has 0 N–H and O–H groups in total. The Kier molecular flexibility index (Phi) is 5.84. The monoisotopic (exact) mass is 448 g/mol. The topological polar surface area (TPSA) is 73.4 Å². The first-order valence-corrected chi connectivity index (χ1v) is 11.3. The Balaban J connectivity index is 1.52. The molecule has 2 aromatic heterocycles. The van der Waals surface area contributed by atoms with Gasteiger partial charge in [0, 0.05) is 36.8 Å². The second kappa shape index (κ2) is 9.24. The fourth-order valence-electron chi connectivity index (χ4n) is 4.48. The maximum absolute atomic E-state index is 12.9. The summed E-state index contributed by atoms with van der Waals surface area (Å²) < 4.78 is 5.08. The molecule has 5 rings (SSSR count). The molecule has 1 saturated heterocycles. The van der Waals surface area contributed by atoms with Crippen LogP contribution in [-0.4, -0.2) is 41.5 Å². The molecule has 4 aromatic rings. The van der Waals surface area contributed by atoms with Crippen LogP contribution in [0.4, 0.5) is 5.82 Å². The van der Waals surface area contributed by atoms with Crippen molar-refractivity contribution >= 4 is 11.7 Å². The number of benzene rings is 2. The lowest BCUT2D eigenvalue weighted by Crippen LogP contribution is -2.54. The zero-order valence-electron chi connectivity index (χ0n) is 18.9. The molecular weight excluding hydrogens is 424 g/mol. The summed E-state index contributed by atoms with van der Waals surface area (Å²) >= 11 is 0. The van der Waals surface area contributed by atoms with Gasteiger partial charge in [-0.2, -0.15) is 5.26 Å². The summed E-state index contributed by atoms with van der Waals surface area (Å²) in [5, 5.41) is 10.0. The highest BCUT2D eigenvalue weighted by Crippen LogP contribution is 2.35. The summed E-state index contributed by atoms with van der Waals surface area (Å²) in [6.45, 7) is 3.74. The van der Waals surface area contributed by atoms with E-state index in [0.29, 0.717) is 36.6 Å². The van der Waals surface area contributed by atoms with Gasteiger partial charge in [0.2, 0.25) is 0 Å². The lowest BCUT2D eigenvalue weighted by Gasteiger charge is -2.40. The smallest absolute Gasteiger partial charge is 0.257 e. The number of nitrogens with zero attached hydrogens (tertiary/aromatic N) is 4. The average Bonchev–Trinajstić information content (AvgIpc) is 3.44. The minimum absolute atomic E-state index is 0.0428. The lowest BCUT2D eigenvalue weighted by molar-refractivity contribution is 0.0673. The number of hydrogen-bond donors (Lipinski definition) is 0. The van der Waals surface area contributed by atoms with Crippen LogP contribution in [0.1, 0.15) is 22.8 Å².